The van der Waals surface area contributed by atoms with Gasteiger partial charge < -0.3 is 19.6 Å². The molecule has 4 rings (SSSR count). The average Bonchev–Trinajstić information content (AvgIpc) is 3.07. The molecule has 0 unspecified atom stereocenters. The first kappa shape index (κ1) is 16.2. The van der Waals surface area contributed by atoms with Gasteiger partial charge in [0.25, 0.3) is 0 Å². The second-order valence-corrected chi connectivity index (χ2v) is 6.17. The third kappa shape index (κ3) is 3.56. The summed E-state index contributed by atoms with van der Waals surface area (Å²) in [5, 5.41) is 7.11. The minimum absolute atomic E-state index is 0.637. The summed E-state index contributed by atoms with van der Waals surface area (Å²) in [6.45, 7) is 7.08. The average molecular weight is 352 g/mol. The van der Waals surface area contributed by atoms with E-state index in [0.29, 0.717) is 17.6 Å². The van der Waals surface area contributed by atoms with E-state index in [1.165, 1.54) is 0 Å². The van der Waals surface area contributed by atoms with E-state index in [-0.39, 0.29) is 0 Å². The lowest BCUT2D eigenvalue weighted by Gasteiger charge is -2.34. The Morgan fingerprint density at radius 1 is 0.885 bits per heavy atom. The predicted octanol–water partition coefficient (Wildman–Crippen LogP) is 1.94. The Bertz CT molecular complexity index is 873. The molecule has 134 valence electrons. The lowest BCUT2D eigenvalue weighted by atomic mass is 10.3. The molecule has 0 saturated carbocycles. The molecule has 1 fully saturated rings. The molecule has 0 bridgehead atoms. The van der Waals surface area contributed by atoms with Gasteiger partial charge >= 0.3 is 0 Å². The van der Waals surface area contributed by atoms with Gasteiger partial charge in [-0.2, -0.15) is 4.98 Å². The highest BCUT2D eigenvalue weighted by atomic mass is 16.5. The third-order valence-electron chi connectivity index (χ3n) is 4.12. The van der Waals surface area contributed by atoms with Crippen molar-refractivity contribution in [2.75, 3.05) is 41.3 Å². The Morgan fingerprint density at radius 2 is 1.58 bits per heavy atom. The van der Waals surface area contributed by atoms with Gasteiger partial charge in [-0.15, -0.1) is 0 Å². The molecule has 1 aliphatic heterocycles. The lowest BCUT2D eigenvalue weighted by Crippen LogP contribution is -2.47. The van der Waals surface area contributed by atoms with Crippen LogP contribution in [0, 0.1) is 13.8 Å². The molecule has 0 radical (unpaired) electrons. The number of aromatic nitrogens is 5. The molecule has 1 aliphatic rings. The zero-order valence-corrected chi connectivity index (χ0v) is 14.8. The van der Waals surface area contributed by atoms with Crippen molar-refractivity contribution in [2.24, 2.45) is 0 Å². The first-order chi connectivity index (χ1) is 12.7. The molecule has 0 amide bonds. The summed E-state index contributed by atoms with van der Waals surface area (Å²) in [7, 11) is 0. The van der Waals surface area contributed by atoms with Gasteiger partial charge in [0.05, 0.1) is 0 Å². The Balaban J connectivity index is 1.46. The van der Waals surface area contributed by atoms with Crippen molar-refractivity contribution in [3.05, 3.63) is 42.0 Å². The number of rotatable bonds is 4. The van der Waals surface area contributed by atoms with Crippen LogP contribution >= 0.6 is 0 Å². The molecule has 9 nitrogen and oxygen atoms in total. The normalized spacial score (nSPS) is 14.5. The van der Waals surface area contributed by atoms with E-state index in [4.69, 9.17) is 4.52 Å². The SMILES string of the molecule is Cc1cc(Nc2cc(C)on2)nc(N2CCN(c3ncccn3)CC2)n1. The van der Waals surface area contributed by atoms with Gasteiger partial charge in [0.15, 0.2) is 5.82 Å². The summed E-state index contributed by atoms with van der Waals surface area (Å²) in [6.07, 6.45) is 3.53. The Hall–Kier alpha value is -3.23. The number of nitrogens with one attached hydrogen (secondary N) is 1. The van der Waals surface area contributed by atoms with Crippen molar-refractivity contribution < 1.29 is 4.52 Å². The number of aryl methyl sites for hydroxylation is 2. The quantitative estimate of drug-likeness (QED) is 0.755. The second-order valence-electron chi connectivity index (χ2n) is 6.17. The molecular formula is C17H20N8O. The summed E-state index contributed by atoms with van der Waals surface area (Å²) >= 11 is 0. The van der Waals surface area contributed by atoms with Gasteiger partial charge in [0.2, 0.25) is 11.9 Å². The number of anilines is 4. The van der Waals surface area contributed by atoms with Gasteiger partial charge in [-0.05, 0) is 19.9 Å². The van der Waals surface area contributed by atoms with E-state index in [9.17, 15) is 0 Å². The van der Waals surface area contributed by atoms with Gasteiger partial charge in [-0.3, -0.25) is 0 Å². The fraction of sp³-hybridized carbons (Fsp3) is 0.353. The summed E-state index contributed by atoms with van der Waals surface area (Å²) in [4.78, 5) is 22.2. The summed E-state index contributed by atoms with van der Waals surface area (Å²) in [5.41, 5.74) is 0.895. The summed E-state index contributed by atoms with van der Waals surface area (Å²) in [5.74, 6) is 3.56. The maximum absolute atomic E-state index is 5.08. The van der Waals surface area contributed by atoms with Gasteiger partial charge in [-0.1, -0.05) is 5.16 Å². The van der Waals surface area contributed by atoms with Crippen LogP contribution in [0.2, 0.25) is 0 Å². The zero-order chi connectivity index (χ0) is 17.9. The maximum Gasteiger partial charge on any atom is 0.227 e. The van der Waals surface area contributed by atoms with E-state index >= 15 is 0 Å². The number of hydrogen-bond acceptors (Lipinski definition) is 9. The fourth-order valence-electron chi connectivity index (χ4n) is 2.88. The van der Waals surface area contributed by atoms with Crippen molar-refractivity contribution in [3.63, 3.8) is 0 Å². The molecule has 26 heavy (non-hydrogen) atoms. The molecule has 0 atom stereocenters. The molecule has 0 aromatic carbocycles. The number of nitrogens with zero attached hydrogens (tertiary/aromatic N) is 7. The van der Waals surface area contributed by atoms with Crippen molar-refractivity contribution in [1.29, 1.82) is 0 Å². The van der Waals surface area contributed by atoms with Crippen LogP contribution < -0.4 is 15.1 Å². The van der Waals surface area contributed by atoms with Crippen molar-refractivity contribution >= 4 is 23.5 Å². The van der Waals surface area contributed by atoms with Crippen LogP contribution in [0.5, 0.6) is 0 Å². The summed E-state index contributed by atoms with van der Waals surface area (Å²) < 4.78 is 5.08. The van der Waals surface area contributed by atoms with Crippen LogP contribution in [-0.2, 0) is 0 Å². The predicted molar refractivity (Wildman–Crippen MR) is 97.7 cm³/mol. The Morgan fingerprint density at radius 3 is 2.23 bits per heavy atom. The largest absolute Gasteiger partial charge is 0.360 e. The van der Waals surface area contributed by atoms with E-state index < -0.39 is 0 Å². The third-order valence-corrected chi connectivity index (χ3v) is 4.12. The lowest BCUT2D eigenvalue weighted by molar-refractivity contribution is 0.400. The van der Waals surface area contributed by atoms with Gasteiger partial charge in [-0.25, -0.2) is 15.0 Å². The monoisotopic (exact) mass is 352 g/mol. The smallest absolute Gasteiger partial charge is 0.227 e. The van der Waals surface area contributed by atoms with Crippen LogP contribution in [0.3, 0.4) is 0 Å². The Kier molecular flexibility index (Phi) is 4.34. The molecule has 9 heteroatoms. The van der Waals surface area contributed by atoms with Crippen molar-refractivity contribution in [1.82, 2.24) is 25.1 Å². The molecule has 3 aromatic heterocycles. The summed E-state index contributed by atoms with van der Waals surface area (Å²) in [6, 6.07) is 5.54. The molecule has 3 aromatic rings. The molecule has 1 N–H and O–H groups in total. The highest BCUT2D eigenvalue weighted by molar-refractivity contribution is 5.54. The van der Waals surface area contributed by atoms with Crippen LogP contribution in [0.25, 0.3) is 0 Å². The first-order valence-corrected chi connectivity index (χ1v) is 8.50. The standard InChI is InChI=1S/C17H20N8O/c1-12-10-14(21-15-11-13(2)26-23-15)22-17(20-12)25-8-6-24(7-9-25)16-18-4-3-5-19-16/h3-5,10-11H,6-9H2,1-2H3,(H,20,21,22,23). The van der Waals surface area contributed by atoms with Gasteiger partial charge in [0, 0.05) is 56.4 Å². The van der Waals surface area contributed by atoms with Crippen molar-refractivity contribution in [3.8, 4) is 0 Å². The van der Waals surface area contributed by atoms with Gasteiger partial charge in [0.1, 0.15) is 11.6 Å². The van der Waals surface area contributed by atoms with Crippen LogP contribution in [0.15, 0.2) is 35.1 Å². The first-order valence-electron chi connectivity index (χ1n) is 8.50. The van der Waals surface area contributed by atoms with Crippen LogP contribution in [0.4, 0.5) is 23.5 Å². The topological polar surface area (TPSA) is 96.1 Å². The highest BCUT2D eigenvalue weighted by Crippen LogP contribution is 2.20. The molecule has 0 spiro atoms. The second kappa shape index (κ2) is 6.95. The zero-order valence-electron chi connectivity index (χ0n) is 14.8. The van der Waals surface area contributed by atoms with Crippen LogP contribution in [0.1, 0.15) is 11.5 Å². The van der Waals surface area contributed by atoms with E-state index in [1.807, 2.05) is 32.0 Å². The van der Waals surface area contributed by atoms with Crippen molar-refractivity contribution in [2.45, 2.75) is 13.8 Å². The molecule has 4 heterocycles. The van der Waals surface area contributed by atoms with E-state index in [0.717, 1.165) is 43.6 Å². The van der Waals surface area contributed by atoms with E-state index in [1.54, 1.807) is 12.4 Å². The number of piperazine rings is 1. The fourth-order valence-corrected chi connectivity index (χ4v) is 2.88. The molecular weight excluding hydrogens is 332 g/mol. The Labute approximate surface area is 151 Å². The van der Waals surface area contributed by atoms with Crippen LogP contribution in [-0.4, -0.2) is 51.3 Å². The molecule has 0 aliphatic carbocycles. The highest BCUT2D eigenvalue weighted by Gasteiger charge is 2.21. The number of hydrogen-bond donors (Lipinski definition) is 1. The molecule has 1 saturated heterocycles. The van der Waals surface area contributed by atoms with E-state index in [2.05, 4.69) is 40.2 Å². The minimum Gasteiger partial charge on any atom is -0.360 e. The minimum atomic E-state index is 0.637. The maximum atomic E-state index is 5.08.